The summed E-state index contributed by atoms with van der Waals surface area (Å²) in [4.78, 5) is 10.8. The lowest BCUT2D eigenvalue weighted by molar-refractivity contribution is 0.0695. The van der Waals surface area contributed by atoms with Crippen LogP contribution in [0.25, 0.3) is 0 Å². The molecule has 0 saturated carbocycles. The lowest BCUT2D eigenvalue weighted by Crippen LogP contribution is -2.19. The fourth-order valence-corrected chi connectivity index (χ4v) is 0.902. The van der Waals surface area contributed by atoms with Crippen molar-refractivity contribution in [1.82, 2.24) is 15.3 Å². The normalized spacial score (nSPS) is 10.5. The fraction of sp³-hybridized carbons (Fsp3) is 0.333. The van der Waals surface area contributed by atoms with Crippen LogP contribution in [-0.2, 0) is 7.05 Å². The fourth-order valence-electron chi connectivity index (χ4n) is 0.902. The van der Waals surface area contributed by atoms with Gasteiger partial charge < -0.3 is 0 Å². The van der Waals surface area contributed by atoms with E-state index in [-0.39, 0.29) is 5.56 Å². The average Bonchev–Trinajstić information content (AvgIpc) is 2.46. The van der Waals surface area contributed by atoms with Crippen LogP contribution in [0, 0.1) is 0 Å². The van der Waals surface area contributed by atoms with E-state index >= 15 is 0 Å². The molecule has 7 heteroatoms. The summed E-state index contributed by atoms with van der Waals surface area (Å²) in [6.07, 6.45) is -1.74. The Morgan fingerprint density at radius 2 is 2.38 bits per heavy atom. The maximum atomic E-state index is 12.2. The molecule has 0 atom stereocenters. The molecule has 1 amide bonds. The first-order valence-corrected chi connectivity index (χ1v) is 3.32. The van der Waals surface area contributed by atoms with Crippen LogP contribution in [0.4, 0.5) is 8.78 Å². The second-order valence-corrected chi connectivity index (χ2v) is 2.34. The number of nitrogens with one attached hydrogen (secondary N) is 1. The van der Waals surface area contributed by atoms with Gasteiger partial charge in [-0.3, -0.25) is 14.7 Å². The van der Waals surface area contributed by atoms with E-state index < -0.39 is 18.0 Å². The minimum absolute atomic E-state index is 0.333. The summed E-state index contributed by atoms with van der Waals surface area (Å²) in [5.41, 5.74) is 0.287. The van der Waals surface area contributed by atoms with Crippen molar-refractivity contribution in [2.24, 2.45) is 7.05 Å². The maximum Gasteiger partial charge on any atom is 0.282 e. The van der Waals surface area contributed by atoms with Crippen LogP contribution >= 0.6 is 0 Å². The second kappa shape index (κ2) is 3.48. The Hall–Kier alpha value is -1.50. The molecule has 1 heterocycles. The summed E-state index contributed by atoms with van der Waals surface area (Å²) < 4.78 is 25.5. The molecule has 13 heavy (non-hydrogen) atoms. The van der Waals surface area contributed by atoms with Crippen molar-refractivity contribution in [2.45, 2.75) is 6.43 Å². The molecule has 0 aliphatic rings. The standard InChI is InChI=1S/C6H7F2N3O2/c1-11-2-3(6(12)10-13)4(9-11)5(7)8/h2,5,13H,1H3,(H,10,12). The third-order valence-electron chi connectivity index (χ3n) is 1.41. The largest absolute Gasteiger partial charge is 0.288 e. The van der Waals surface area contributed by atoms with Gasteiger partial charge in [0.25, 0.3) is 12.3 Å². The molecule has 0 unspecified atom stereocenters. The van der Waals surface area contributed by atoms with E-state index in [0.717, 1.165) is 10.9 Å². The topological polar surface area (TPSA) is 67.2 Å². The van der Waals surface area contributed by atoms with Gasteiger partial charge in [0.1, 0.15) is 5.69 Å². The number of rotatable bonds is 2. The Morgan fingerprint density at radius 1 is 1.77 bits per heavy atom. The van der Waals surface area contributed by atoms with E-state index in [9.17, 15) is 13.6 Å². The molecule has 0 saturated heterocycles. The van der Waals surface area contributed by atoms with Crippen LogP contribution in [0.5, 0.6) is 0 Å². The molecular formula is C6H7F2N3O2. The molecule has 0 spiro atoms. The van der Waals surface area contributed by atoms with Crippen LogP contribution < -0.4 is 5.48 Å². The summed E-state index contributed by atoms with van der Waals surface area (Å²) in [5.74, 6) is -0.997. The predicted octanol–water partition coefficient (Wildman–Crippen LogP) is 0.477. The quantitative estimate of drug-likeness (QED) is 0.527. The SMILES string of the molecule is Cn1cc(C(=O)NO)c(C(F)F)n1. The summed E-state index contributed by atoms with van der Waals surface area (Å²) >= 11 is 0. The van der Waals surface area contributed by atoms with Gasteiger partial charge in [0.05, 0.1) is 5.56 Å². The Bertz CT molecular complexity index is 324. The van der Waals surface area contributed by atoms with Crippen molar-refractivity contribution in [2.75, 3.05) is 0 Å². The monoisotopic (exact) mass is 191 g/mol. The summed E-state index contributed by atoms with van der Waals surface area (Å²) in [6, 6.07) is 0. The molecule has 1 rings (SSSR count). The van der Waals surface area contributed by atoms with Gasteiger partial charge in [0.15, 0.2) is 0 Å². The van der Waals surface area contributed by atoms with Crippen LogP contribution in [0.15, 0.2) is 6.20 Å². The third-order valence-corrected chi connectivity index (χ3v) is 1.41. The molecule has 0 aliphatic heterocycles. The average molecular weight is 191 g/mol. The molecule has 0 radical (unpaired) electrons. The Labute approximate surface area is 71.9 Å². The summed E-state index contributed by atoms with van der Waals surface area (Å²) in [5, 5.41) is 11.6. The second-order valence-electron chi connectivity index (χ2n) is 2.34. The van der Waals surface area contributed by atoms with Gasteiger partial charge in [0.2, 0.25) is 0 Å². The molecule has 72 valence electrons. The van der Waals surface area contributed by atoms with E-state index in [1.54, 1.807) is 0 Å². The molecule has 2 N–H and O–H groups in total. The highest BCUT2D eigenvalue weighted by Crippen LogP contribution is 2.20. The molecular weight excluding hydrogens is 184 g/mol. The lowest BCUT2D eigenvalue weighted by atomic mass is 10.2. The number of amides is 1. The number of hydrogen-bond acceptors (Lipinski definition) is 3. The zero-order valence-corrected chi connectivity index (χ0v) is 6.66. The molecule has 1 aromatic rings. The Morgan fingerprint density at radius 3 is 2.85 bits per heavy atom. The molecule has 5 nitrogen and oxygen atoms in total. The molecule has 1 aromatic heterocycles. The molecule has 0 aromatic carbocycles. The van der Waals surface area contributed by atoms with Crippen molar-refractivity contribution >= 4 is 5.91 Å². The van der Waals surface area contributed by atoms with E-state index in [2.05, 4.69) is 5.10 Å². The van der Waals surface area contributed by atoms with Crippen LogP contribution in [0.2, 0.25) is 0 Å². The van der Waals surface area contributed by atoms with E-state index in [4.69, 9.17) is 5.21 Å². The number of nitrogens with zero attached hydrogens (tertiary/aromatic N) is 2. The number of halogens is 2. The van der Waals surface area contributed by atoms with Crippen molar-refractivity contribution in [3.8, 4) is 0 Å². The number of carbonyl (C=O) groups is 1. The zero-order chi connectivity index (χ0) is 10.0. The van der Waals surface area contributed by atoms with Gasteiger partial charge in [-0.15, -0.1) is 0 Å². The zero-order valence-electron chi connectivity index (χ0n) is 6.66. The van der Waals surface area contributed by atoms with Gasteiger partial charge in [-0.25, -0.2) is 14.3 Å². The Kier molecular flexibility index (Phi) is 2.57. The smallest absolute Gasteiger partial charge is 0.282 e. The van der Waals surface area contributed by atoms with Gasteiger partial charge >= 0.3 is 0 Å². The first kappa shape index (κ1) is 9.59. The molecule has 0 aliphatic carbocycles. The van der Waals surface area contributed by atoms with Gasteiger partial charge in [-0.05, 0) is 0 Å². The lowest BCUT2D eigenvalue weighted by Gasteiger charge is -1.97. The van der Waals surface area contributed by atoms with Crippen molar-refractivity contribution in [3.05, 3.63) is 17.5 Å². The van der Waals surface area contributed by atoms with Crippen LogP contribution in [0.3, 0.4) is 0 Å². The highest BCUT2D eigenvalue weighted by Gasteiger charge is 2.21. The van der Waals surface area contributed by atoms with Gasteiger partial charge in [-0.2, -0.15) is 5.10 Å². The minimum atomic E-state index is -2.84. The highest BCUT2D eigenvalue weighted by atomic mass is 19.3. The van der Waals surface area contributed by atoms with E-state index in [1.807, 2.05) is 0 Å². The number of aromatic nitrogens is 2. The van der Waals surface area contributed by atoms with E-state index in [0.29, 0.717) is 0 Å². The predicted molar refractivity (Wildman–Crippen MR) is 37.4 cm³/mol. The number of hydrogen-bond donors (Lipinski definition) is 2. The first-order valence-electron chi connectivity index (χ1n) is 3.32. The van der Waals surface area contributed by atoms with Gasteiger partial charge in [0, 0.05) is 13.2 Å². The number of hydroxylamine groups is 1. The van der Waals surface area contributed by atoms with Crippen molar-refractivity contribution in [1.29, 1.82) is 0 Å². The number of aryl methyl sites for hydroxylation is 1. The number of alkyl halides is 2. The summed E-state index contributed by atoms with van der Waals surface area (Å²) in [6.45, 7) is 0. The highest BCUT2D eigenvalue weighted by molar-refractivity contribution is 5.94. The van der Waals surface area contributed by atoms with E-state index in [1.165, 1.54) is 12.5 Å². The number of carbonyl (C=O) groups excluding carboxylic acids is 1. The van der Waals surface area contributed by atoms with Crippen LogP contribution in [-0.4, -0.2) is 20.9 Å². The molecule has 0 bridgehead atoms. The molecule has 0 fully saturated rings. The third kappa shape index (κ3) is 1.81. The summed E-state index contributed by atoms with van der Waals surface area (Å²) in [7, 11) is 1.40. The maximum absolute atomic E-state index is 12.2. The first-order chi connectivity index (χ1) is 6.06. The Balaban J connectivity index is 3.11. The van der Waals surface area contributed by atoms with Crippen molar-refractivity contribution in [3.63, 3.8) is 0 Å². The van der Waals surface area contributed by atoms with Crippen LogP contribution in [0.1, 0.15) is 22.5 Å². The van der Waals surface area contributed by atoms with Crippen molar-refractivity contribution < 1.29 is 18.8 Å². The minimum Gasteiger partial charge on any atom is -0.288 e. The van der Waals surface area contributed by atoms with Gasteiger partial charge in [-0.1, -0.05) is 0 Å².